The van der Waals surface area contributed by atoms with Crippen molar-refractivity contribution in [2.24, 2.45) is 12.5 Å². The molecule has 0 bridgehead atoms. The summed E-state index contributed by atoms with van der Waals surface area (Å²) < 4.78 is 24.4. The molecule has 4 aromatic rings. The van der Waals surface area contributed by atoms with E-state index in [9.17, 15) is 4.79 Å². The molecule has 1 fully saturated rings. The lowest BCUT2D eigenvalue weighted by Crippen LogP contribution is -2.27. The van der Waals surface area contributed by atoms with Crippen LogP contribution in [0.15, 0.2) is 35.3 Å². The highest BCUT2D eigenvalue weighted by atomic mass is 19.1. The summed E-state index contributed by atoms with van der Waals surface area (Å²) in [6, 6.07) is 6.78. The first kappa shape index (κ1) is 25.5. The number of imidazole rings is 1. The fraction of sp³-hybridized carbons (Fsp3) is 0.500. The van der Waals surface area contributed by atoms with E-state index >= 15 is 4.39 Å². The molecule has 1 saturated heterocycles. The highest BCUT2D eigenvalue weighted by Gasteiger charge is 2.28. The second-order valence-electron chi connectivity index (χ2n) is 11.2. The van der Waals surface area contributed by atoms with E-state index in [1.165, 1.54) is 17.1 Å². The SMILES string of the molecule is CC(C)n1c(=O)n(C)c2nnc3cc(F)c(-c4ccc([C@@H](C)OCCN5CCC(C)(C)C5)nc4)cc3c21. The summed E-state index contributed by atoms with van der Waals surface area (Å²) in [4.78, 5) is 19.9. The van der Waals surface area contributed by atoms with Crippen molar-refractivity contribution in [2.75, 3.05) is 26.2 Å². The van der Waals surface area contributed by atoms with Gasteiger partial charge in [0.15, 0.2) is 5.65 Å². The first-order valence-electron chi connectivity index (χ1n) is 12.9. The Balaban J connectivity index is 1.40. The largest absolute Gasteiger partial charge is 0.371 e. The zero-order valence-electron chi connectivity index (χ0n) is 22.5. The molecule has 0 radical (unpaired) electrons. The summed E-state index contributed by atoms with van der Waals surface area (Å²) in [5.74, 6) is -0.414. The molecule has 0 spiro atoms. The number of halogens is 1. The molecule has 37 heavy (non-hydrogen) atoms. The standard InChI is InChI=1S/C28H35FN6O2/c1-17(2)35-25-21-13-20(22(29)14-24(21)31-32-26(25)33(6)27(35)36)19-7-8-23(30-15-19)18(3)37-12-11-34-10-9-28(4,5)16-34/h7-8,13-15,17-18H,9-12,16H2,1-6H3/t18-/m1/s1. The van der Waals surface area contributed by atoms with Gasteiger partial charge in [0.25, 0.3) is 0 Å². The molecule has 196 valence electrons. The number of rotatable bonds is 7. The fourth-order valence-corrected chi connectivity index (χ4v) is 5.28. The minimum atomic E-state index is -0.414. The highest BCUT2D eigenvalue weighted by Crippen LogP contribution is 2.32. The third-order valence-electron chi connectivity index (χ3n) is 7.42. The van der Waals surface area contributed by atoms with Crippen LogP contribution in [0.1, 0.15) is 58.9 Å². The molecule has 8 nitrogen and oxygen atoms in total. The molecular weight excluding hydrogens is 471 g/mol. The molecule has 4 heterocycles. The van der Waals surface area contributed by atoms with Crippen molar-refractivity contribution in [3.8, 4) is 11.1 Å². The molecule has 3 aromatic heterocycles. The van der Waals surface area contributed by atoms with E-state index in [1.54, 1.807) is 23.9 Å². The number of nitrogens with zero attached hydrogens (tertiary/aromatic N) is 6. The van der Waals surface area contributed by atoms with E-state index in [0.29, 0.717) is 45.2 Å². The summed E-state index contributed by atoms with van der Waals surface area (Å²) in [5.41, 5.74) is 3.59. The van der Waals surface area contributed by atoms with Crippen molar-refractivity contribution < 1.29 is 9.13 Å². The lowest BCUT2D eigenvalue weighted by atomic mass is 9.93. The van der Waals surface area contributed by atoms with E-state index in [2.05, 4.69) is 33.9 Å². The second-order valence-corrected chi connectivity index (χ2v) is 11.2. The number of ether oxygens (including phenoxy) is 1. The number of hydrogen-bond donors (Lipinski definition) is 0. The Labute approximate surface area is 216 Å². The van der Waals surface area contributed by atoms with Crippen LogP contribution in [-0.2, 0) is 11.8 Å². The number of pyridine rings is 1. The van der Waals surface area contributed by atoms with E-state index in [0.717, 1.165) is 25.3 Å². The van der Waals surface area contributed by atoms with Crippen LogP contribution in [0.5, 0.6) is 0 Å². The van der Waals surface area contributed by atoms with E-state index in [-0.39, 0.29) is 17.8 Å². The van der Waals surface area contributed by atoms with Gasteiger partial charge in [-0.15, -0.1) is 10.2 Å². The predicted molar refractivity (Wildman–Crippen MR) is 143 cm³/mol. The van der Waals surface area contributed by atoms with Crippen molar-refractivity contribution in [3.63, 3.8) is 0 Å². The van der Waals surface area contributed by atoms with Crippen molar-refractivity contribution in [1.29, 1.82) is 0 Å². The molecule has 1 aromatic carbocycles. The highest BCUT2D eigenvalue weighted by molar-refractivity contribution is 6.02. The van der Waals surface area contributed by atoms with Gasteiger partial charge in [-0.25, -0.2) is 9.18 Å². The number of fused-ring (bicyclic) bond motifs is 3. The Hall–Kier alpha value is -3.17. The molecule has 1 aliphatic heterocycles. The Morgan fingerprint density at radius 1 is 1.16 bits per heavy atom. The zero-order valence-corrected chi connectivity index (χ0v) is 22.5. The third kappa shape index (κ3) is 4.78. The maximum absolute atomic E-state index is 15.2. The molecule has 0 amide bonds. The molecule has 1 atom stereocenters. The molecular formula is C28H35FN6O2. The molecule has 0 aliphatic carbocycles. The Bertz CT molecular complexity index is 1510. The smallest absolute Gasteiger partial charge is 0.330 e. The quantitative estimate of drug-likeness (QED) is 0.356. The van der Waals surface area contributed by atoms with Crippen LogP contribution in [0.4, 0.5) is 4.39 Å². The van der Waals surface area contributed by atoms with Gasteiger partial charge in [-0.1, -0.05) is 19.9 Å². The van der Waals surface area contributed by atoms with Gasteiger partial charge < -0.3 is 9.64 Å². The number of hydrogen-bond acceptors (Lipinski definition) is 6. The van der Waals surface area contributed by atoms with Gasteiger partial charge in [-0.05, 0) is 51.3 Å². The van der Waals surface area contributed by atoms with Crippen LogP contribution in [-0.4, -0.2) is 55.5 Å². The normalized spacial score (nSPS) is 16.9. The summed E-state index contributed by atoms with van der Waals surface area (Å²) in [5, 5.41) is 9.06. The van der Waals surface area contributed by atoms with Crippen molar-refractivity contribution >= 4 is 22.1 Å². The average Bonchev–Trinajstić information content (AvgIpc) is 3.34. The first-order valence-corrected chi connectivity index (χ1v) is 12.9. The minimum absolute atomic E-state index is 0.0866. The monoisotopic (exact) mass is 506 g/mol. The minimum Gasteiger partial charge on any atom is -0.371 e. The first-order chi connectivity index (χ1) is 17.6. The summed E-state index contributed by atoms with van der Waals surface area (Å²) >= 11 is 0. The summed E-state index contributed by atoms with van der Waals surface area (Å²) in [7, 11) is 1.67. The van der Waals surface area contributed by atoms with Gasteiger partial charge in [0, 0.05) is 55.0 Å². The maximum Gasteiger partial charge on any atom is 0.330 e. The van der Waals surface area contributed by atoms with Gasteiger partial charge in [0.2, 0.25) is 0 Å². The number of aromatic nitrogens is 5. The fourth-order valence-electron chi connectivity index (χ4n) is 5.28. The van der Waals surface area contributed by atoms with E-state index in [4.69, 9.17) is 4.74 Å². The molecule has 0 unspecified atom stereocenters. The van der Waals surface area contributed by atoms with Gasteiger partial charge >= 0.3 is 5.69 Å². The second kappa shape index (κ2) is 9.61. The van der Waals surface area contributed by atoms with Crippen LogP contribution in [0.2, 0.25) is 0 Å². The topological polar surface area (TPSA) is 78.1 Å². The summed E-state index contributed by atoms with van der Waals surface area (Å²) in [6.07, 6.45) is 2.73. The van der Waals surface area contributed by atoms with Crippen LogP contribution in [0.25, 0.3) is 33.2 Å². The van der Waals surface area contributed by atoms with E-state index < -0.39 is 5.82 Å². The summed E-state index contributed by atoms with van der Waals surface area (Å²) in [6.45, 7) is 14.2. The average molecular weight is 507 g/mol. The molecule has 0 saturated carbocycles. The molecule has 1 aliphatic rings. The Morgan fingerprint density at radius 3 is 2.59 bits per heavy atom. The van der Waals surface area contributed by atoms with Gasteiger partial charge in [0.1, 0.15) is 11.3 Å². The third-order valence-corrected chi connectivity index (χ3v) is 7.42. The molecule has 9 heteroatoms. The van der Waals surface area contributed by atoms with E-state index in [1.807, 2.05) is 32.9 Å². The lowest BCUT2D eigenvalue weighted by molar-refractivity contribution is 0.0478. The van der Waals surface area contributed by atoms with Crippen molar-refractivity contribution in [2.45, 2.75) is 53.2 Å². The van der Waals surface area contributed by atoms with Crippen LogP contribution >= 0.6 is 0 Å². The molecule has 0 N–H and O–H groups in total. The number of benzene rings is 1. The van der Waals surface area contributed by atoms with Crippen LogP contribution in [0, 0.1) is 11.2 Å². The van der Waals surface area contributed by atoms with Crippen LogP contribution in [0.3, 0.4) is 0 Å². The predicted octanol–water partition coefficient (Wildman–Crippen LogP) is 4.87. The Kier molecular flexibility index (Phi) is 6.62. The van der Waals surface area contributed by atoms with Crippen molar-refractivity contribution in [1.82, 2.24) is 29.2 Å². The number of aryl methyl sites for hydroxylation is 1. The van der Waals surface area contributed by atoms with Crippen molar-refractivity contribution in [3.05, 3.63) is 52.5 Å². The Morgan fingerprint density at radius 2 is 1.95 bits per heavy atom. The maximum atomic E-state index is 15.2. The van der Waals surface area contributed by atoms with Gasteiger partial charge in [0.05, 0.1) is 23.9 Å². The van der Waals surface area contributed by atoms with Gasteiger partial charge in [-0.3, -0.25) is 14.1 Å². The lowest BCUT2D eigenvalue weighted by Gasteiger charge is -2.20. The zero-order chi connectivity index (χ0) is 26.5. The van der Waals surface area contributed by atoms with Gasteiger partial charge in [-0.2, -0.15) is 0 Å². The number of likely N-dealkylation sites (tertiary alicyclic amines) is 1. The molecule has 5 rings (SSSR count). The van der Waals surface area contributed by atoms with Crippen LogP contribution < -0.4 is 5.69 Å².